The van der Waals surface area contributed by atoms with Gasteiger partial charge in [-0.1, -0.05) is 46.2 Å². The van der Waals surface area contributed by atoms with Crippen molar-refractivity contribution in [3.8, 4) is 0 Å². The number of aromatic nitrogens is 2. The van der Waals surface area contributed by atoms with Crippen LogP contribution >= 0.6 is 11.6 Å². The van der Waals surface area contributed by atoms with Gasteiger partial charge in [0.2, 0.25) is 0 Å². The van der Waals surface area contributed by atoms with Gasteiger partial charge in [-0.25, -0.2) is 9.97 Å². The van der Waals surface area contributed by atoms with Crippen LogP contribution in [0, 0.1) is 5.92 Å². The van der Waals surface area contributed by atoms with Crippen LogP contribution in [0.2, 0.25) is 5.02 Å². The van der Waals surface area contributed by atoms with Gasteiger partial charge in [0, 0.05) is 12.0 Å². The number of carbonyl (C=O) groups excluding carboxylic acids is 1. The maximum Gasteiger partial charge on any atom is 0.271 e. The SMILES string of the molecule is CCC(NC(=O)c1nc(C(C)C)ncc1Cl)C(C)C. The van der Waals surface area contributed by atoms with E-state index in [1.165, 1.54) is 6.20 Å². The highest BCUT2D eigenvalue weighted by atomic mass is 35.5. The zero-order valence-electron chi connectivity index (χ0n) is 12.2. The lowest BCUT2D eigenvalue weighted by Crippen LogP contribution is -2.38. The molecule has 19 heavy (non-hydrogen) atoms. The minimum atomic E-state index is -0.227. The molecule has 0 radical (unpaired) electrons. The van der Waals surface area contributed by atoms with Gasteiger partial charge in [0.15, 0.2) is 0 Å². The third-order valence-electron chi connectivity index (χ3n) is 3.06. The van der Waals surface area contributed by atoms with Crippen LogP contribution in [-0.4, -0.2) is 21.9 Å². The molecule has 1 aromatic rings. The Morgan fingerprint density at radius 2 is 2.00 bits per heavy atom. The summed E-state index contributed by atoms with van der Waals surface area (Å²) >= 11 is 6.02. The van der Waals surface area contributed by atoms with Gasteiger partial charge < -0.3 is 5.32 Å². The van der Waals surface area contributed by atoms with Crippen LogP contribution < -0.4 is 5.32 Å². The van der Waals surface area contributed by atoms with Gasteiger partial charge >= 0.3 is 0 Å². The first-order chi connectivity index (χ1) is 8.86. The maximum atomic E-state index is 12.2. The van der Waals surface area contributed by atoms with Crippen molar-refractivity contribution < 1.29 is 4.79 Å². The molecule has 1 N–H and O–H groups in total. The molecule has 1 amide bonds. The van der Waals surface area contributed by atoms with Crippen LogP contribution in [0.15, 0.2) is 6.20 Å². The molecule has 0 saturated heterocycles. The standard InChI is InChI=1S/C14H22ClN3O/c1-6-11(8(2)3)17-14(19)12-10(15)7-16-13(18-12)9(4)5/h7-9,11H,6H2,1-5H3,(H,17,19). The maximum absolute atomic E-state index is 12.2. The van der Waals surface area contributed by atoms with Gasteiger partial charge in [0.25, 0.3) is 5.91 Å². The van der Waals surface area contributed by atoms with E-state index in [9.17, 15) is 4.79 Å². The van der Waals surface area contributed by atoms with E-state index in [0.29, 0.717) is 16.8 Å². The lowest BCUT2D eigenvalue weighted by atomic mass is 10.0. The van der Waals surface area contributed by atoms with Crippen LogP contribution in [0.4, 0.5) is 0 Å². The Morgan fingerprint density at radius 1 is 1.37 bits per heavy atom. The molecular weight excluding hydrogens is 262 g/mol. The van der Waals surface area contributed by atoms with Crippen molar-refractivity contribution in [2.24, 2.45) is 5.92 Å². The van der Waals surface area contributed by atoms with Gasteiger partial charge in [-0.2, -0.15) is 0 Å². The van der Waals surface area contributed by atoms with Crippen LogP contribution in [-0.2, 0) is 0 Å². The molecule has 1 rings (SSSR count). The molecule has 0 fully saturated rings. The molecule has 0 aromatic carbocycles. The van der Waals surface area contributed by atoms with Crippen LogP contribution in [0.5, 0.6) is 0 Å². The Morgan fingerprint density at radius 3 is 2.47 bits per heavy atom. The fraction of sp³-hybridized carbons (Fsp3) is 0.643. The molecule has 0 saturated carbocycles. The Balaban J connectivity index is 2.95. The largest absolute Gasteiger partial charge is 0.348 e. The Kier molecular flexibility index (Phi) is 5.73. The van der Waals surface area contributed by atoms with Crippen molar-refractivity contribution in [3.05, 3.63) is 22.7 Å². The van der Waals surface area contributed by atoms with Gasteiger partial charge in [-0.3, -0.25) is 4.79 Å². The second-order valence-electron chi connectivity index (χ2n) is 5.31. The van der Waals surface area contributed by atoms with E-state index in [0.717, 1.165) is 6.42 Å². The van der Waals surface area contributed by atoms with Crippen LogP contribution in [0.3, 0.4) is 0 Å². The molecular formula is C14H22ClN3O. The fourth-order valence-corrected chi connectivity index (χ4v) is 1.97. The number of halogens is 1. The average Bonchev–Trinajstić information content (AvgIpc) is 2.35. The van der Waals surface area contributed by atoms with E-state index in [-0.39, 0.29) is 23.6 Å². The molecule has 1 atom stereocenters. The van der Waals surface area contributed by atoms with Gasteiger partial charge in [-0.15, -0.1) is 0 Å². The lowest BCUT2D eigenvalue weighted by molar-refractivity contribution is 0.0919. The van der Waals surface area contributed by atoms with Crippen molar-refractivity contribution in [2.75, 3.05) is 0 Å². The number of carbonyl (C=O) groups is 1. The Hall–Kier alpha value is -1.16. The predicted molar refractivity (Wildman–Crippen MR) is 77.5 cm³/mol. The molecule has 5 heteroatoms. The highest BCUT2D eigenvalue weighted by molar-refractivity contribution is 6.33. The van der Waals surface area contributed by atoms with Crippen molar-refractivity contribution in [2.45, 2.75) is 53.0 Å². The van der Waals surface area contributed by atoms with E-state index in [2.05, 4.69) is 29.1 Å². The molecule has 0 aliphatic heterocycles. The van der Waals surface area contributed by atoms with Gasteiger partial charge in [-0.05, 0) is 12.3 Å². The molecule has 1 unspecified atom stereocenters. The minimum Gasteiger partial charge on any atom is -0.348 e. The smallest absolute Gasteiger partial charge is 0.271 e. The Labute approximate surface area is 120 Å². The summed E-state index contributed by atoms with van der Waals surface area (Å²) in [6, 6.07) is 0.126. The van der Waals surface area contributed by atoms with Crippen molar-refractivity contribution in [3.63, 3.8) is 0 Å². The Bertz CT molecular complexity index is 446. The molecule has 0 aliphatic rings. The van der Waals surface area contributed by atoms with Crippen LogP contribution in [0.25, 0.3) is 0 Å². The van der Waals surface area contributed by atoms with Crippen LogP contribution in [0.1, 0.15) is 63.3 Å². The molecule has 1 heterocycles. The van der Waals surface area contributed by atoms with Gasteiger partial charge in [0.1, 0.15) is 11.5 Å². The van der Waals surface area contributed by atoms with E-state index >= 15 is 0 Å². The van der Waals surface area contributed by atoms with E-state index in [1.807, 2.05) is 20.8 Å². The molecule has 106 valence electrons. The summed E-state index contributed by atoms with van der Waals surface area (Å²) in [6.45, 7) is 10.2. The summed E-state index contributed by atoms with van der Waals surface area (Å²) in [5.41, 5.74) is 0.263. The van der Waals surface area contributed by atoms with Gasteiger partial charge in [0.05, 0.1) is 11.2 Å². The summed E-state index contributed by atoms with van der Waals surface area (Å²) in [6.07, 6.45) is 2.37. The van der Waals surface area contributed by atoms with E-state index in [1.54, 1.807) is 0 Å². The van der Waals surface area contributed by atoms with E-state index < -0.39 is 0 Å². The first-order valence-electron chi connectivity index (χ1n) is 6.70. The third-order valence-corrected chi connectivity index (χ3v) is 3.33. The summed E-state index contributed by atoms with van der Waals surface area (Å²) in [5.74, 6) is 0.942. The summed E-state index contributed by atoms with van der Waals surface area (Å²) in [7, 11) is 0. The second kappa shape index (κ2) is 6.85. The first kappa shape index (κ1) is 15.9. The zero-order chi connectivity index (χ0) is 14.6. The number of hydrogen-bond acceptors (Lipinski definition) is 3. The highest BCUT2D eigenvalue weighted by Crippen LogP contribution is 2.17. The number of nitrogens with zero attached hydrogens (tertiary/aromatic N) is 2. The zero-order valence-corrected chi connectivity index (χ0v) is 13.0. The monoisotopic (exact) mass is 283 g/mol. The second-order valence-corrected chi connectivity index (χ2v) is 5.72. The number of amides is 1. The van der Waals surface area contributed by atoms with E-state index in [4.69, 9.17) is 11.6 Å². The summed E-state index contributed by atoms with van der Waals surface area (Å²) in [4.78, 5) is 20.6. The number of nitrogens with one attached hydrogen (secondary N) is 1. The quantitative estimate of drug-likeness (QED) is 0.901. The third kappa shape index (κ3) is 4.16. The molecule has 0 aliphatic carbocycles. The lowest BCUT2D eigenvalue weighted by Gasteiger charge is -2.20. The predicted octanol–water partition coefficient (Wildman–Crippen LogP) is 3.42. The molecule has 0 spiro atoms. The number of rotatable bonds is 5. The van der Waals surface area contributed by atoms with Crippen molar-refractivity contribution >= 4 is 17.5 Å². The molecule has 1 aromatic heterocycles. The highest BCUT2D eigenvalue weighted by Gasteiger charge is 2.19. The summed E-state index contributed by atoms with van der Waals surface area (Å²) in [5, 5.41) is 3.27. The fourth-order valence-electron chi connectivity index (χ4n) is 1.80. The summed E-state index contributed by atoms with van der Waals surface area (Å²) < 4.78 is 0. The average molecular weight is 284 g/mol. The molecule has 4 nitrogen and oxygen atoms in total. The van der Waals surface area contributed by atoms with Crippen molar-refractivity contribution in [1.82, 2.24) is 15.3 Å². The van der Waals surface area contributed by atoms with Crippen molar-refractivity contribution in [1.29, 1.82) is 0 Å². The normalized spacial score (nSPS) is 12.8. The topological polar surface area (TPSA) is 54.9 Å². The molecule has 0 bridgehead atoms. The first-order valence-corrected chi connectivity index (χ1v) is 7.07. The minimum absolute atomic E-state index is 0.126. The number of hydrogen-bond donors (Lipinski definition) is 1.